The quantitative estimate of drug-likeness (QED) is 0.320. The Hall–Kier alpha value is -0.240. The van der Waals surface area contributed by atoms with Crippen molar-refractivity contribution in [1.82, 2.24) is 5.32 Å². The molecule has 0 aromatic heterocycles. The largest absolute Gasteiger partial charge is 0.394 e. The van der Waals surface area contributed by atoms with Crippen LogP contribution in [0.25, 0.3) is 0 Å². The van der Waals surface area contributed by atoms with E-state index < -0.39 is 37.3 Å². The molecule has 78 valence electrons. The molecule has 1 aliphatic rings. The summed E-state index contributed by atoms with van der Waals surface area (Å²) in [4.78, 5) is 0. The first-order valence-corrected chi connectivity index (χ1v) is 4.09. The number of nitrogens with one attached hydrogen (secondary N) is 1. The molecule has 0 amide bonds. The Morgan fingerprint density at radius 3 is 2.31 bits per heavy atom. The number of hydrogen-bond acceptors (Lipinski definition) is 6. The van der Waals surface area contributed by atoms with Gasteiger partial charge in [0.1, 0.15) is 18.3 Å². The molecule has 1 aliphatic heterocycles. The van der Waals surface area contributed by atoms with Crippen molar-refractivity contribution in [3.63, 3.8) is 0 Å². The van der Waals surface area contributed by atoms with Crippen LogP contribution in [-0.4, -0.2) is 64.7 Å². The molecule has 5 atom stereocenters. The van der Waals surface area contributed by atoms with Gasteiger partial charge in [0.25, 0.3) is 0 Å². The molecular weight excluding hydrogens is 178 g/mol. The Balaban J connectivity index is 2.66. The Kier molecular flexibility index (Phi) is 3.60. The van der Waals surface area contributed by atoms with Crippen LogP contribution in [0.2, 0.25) is 0 Å². The number of likely N-dealkylation sites (N-methyl/N-ethyl adjacent to an activating group) is 1. The maximum Gasteiger partial charge on any atom is 0.173 e. The molecule has 1 saturated heterocycles. The van der Waals surface area contributed by atoms with Gasteiger partial charge in [0.05, 0.1) is 12.6 Å². The predicted octanol–water partition coefficient (Wildman–Crippen LogP) is -2.99. The topological polar surface area (TPSA) is 102 Å². The minimum atomic E-state index is -1.22. The third-order valence-corrected chi connectivity index (χ3v) is 2.23. The number of aliphatic hydroxyl groups excluding tert-OH is 4. The Bertz CT molecular complexity index is 167. The molecule has 0 aliphatic carbocycles. The fraction of sp³-hybridized carbons (Fsp3) is 1.00. The molecule has 3 unspecified atom stereocenters. The summed E-state index contributed by atoms with van der Waals surface area (Å²) in [6.07, 6.45) is -4.49. The minimum Gasteiger partial charge on any atom is -0.394 e. The number of hydrogen-bond donors (Lipinski definition) is 5. The molecule has 13 heavy (non-hydrogen) atoms. The van der Waals surface area contributed by atoms with Gasteiger partial charge in [-0.05, 0) is 7.05 Å². The van der Waals surface area contributed by atoms with Crippen molar-refractivity contribution in [2.75, 3.05) is 13.7 Å². The second-order valence-electron chi connectivity index (χ2n) is 3.04. The van der Waals surface area contributed by atoms with Crippen LogP contribution in [0, 0.1) is 0 Å². The molecule has 0 spiro atoms. The van der Waals surface area contributed by atoms with Gasteiger partial charge < -0.3 is 30.5 Å². The maximum absolute atomic E-state index is 9.45. The van der Waals surface area contributed by atoms with Crippen molar-refractivity contribution in [3.8, 4) is 0 Å². The summed E-state index contributed by atoms with van der Waals surface area (Å²) in [6.45, 7) is -0.439. The lowest BCUT2D eigenvalue weighted by molar-refractivity contribution is -0.253. The number of ether oxygens (including phenoxy) is 1. The molecule has 1 heterocycles. The van der Waals surface area contributed by atoms with Gasteiger partial charge in [-0.1, -0.05) is 0 Å². The zero-order valence-electron chi connectivity index (χ0n) is 7.29. The van der Waals surface area contributed by atoms with E-state index in [2.05, 4.69) is 5.32 Å². The van der Waals surface area contributed by atoms with Crippen LogP contribution < -0.4 is 5.32 Å². The summed E-state index contributed by atoms with van der Waals surface area (Å²) >= 11 is 0. The second-order valence-corrected chi connectivity index (χ2v) is 3.04. The van der Waals surface area contributed by atoms with Gasteiger partial charge in [-0.15, -0.1) is 0 Å². The second kappa shape index (κ2) is 4.32. The lowest BCUT2D eigenvalue weighted by atomic mass is 9.97. The SMILES string of the molecule is CN[C@H]1C(O)OC(CO)[C@@H](O)C1O. The zero-order chi connectivity index (χ0) is 10.0. The highest BCUT2D eigenvalue weighted by molar-refractivity contribution is 4.91. The van der Waals surface area contributed by atoms with E-state index in [1.807, 2.05) is 0 Å². The highest BCUT2D eigenvalue weighted by atomic mass is 16.6. The Morgan fingerprint density at radius 2 is 1.85 bits per heavy atom. The Labute approximate surface area is 75.8 Å². The molecule has 5 N–H and O–H groups in total. The van der Waals surface area contributed by atoms with E-state index in [4.69, 9.17) is 9.84 Å². The van der Waals surface area contributed by atoms with Gasteiger partial charge in [-0.25, -0.2) is 0 Å². The van der Waals surface area contributed by atoms with Crippen LogP contribution in [-0.2, 0) is 4.74 Å². The molecular formula is C7H15NO5. The van der Waals surface area contributed by atoms with Gasteiger partial charge in [0.2, 0.25) is 0 Å². The summed E-state index contributed by atoms with van der Waals surface area (Å²) in [7, 11) is 1.53. The first-order valence-electron chi connectivity index (χ1n) is 4.09. The standard InChI is InChI=1S/C7H15NO5/c1-8-4-6(11)5(10)3(2-9)13-7(4)12/h3-12H,2H2,1H3/t3?,4-,5-,6?,7?/m1/s1. The average Bonchev–Trinajstić information content (AvgIpc) is 2.12. The lowest BCUT2D eigenvalue weighted by Gasteiger charge is -2.39. The summed E-state index contributed by atoms with van der Waals surface area (Å²) in [5, 5.41) is 39.4. The third kappa shape index (κ3) is 1.98. The molecule has 6 heteroatoms. The fourth-order valence-electron chi connectivity index (χ4n) is 1.41. The first-order chi connectivity index (χ1) is 6.11. The van der Waals surface area contributed by atoms with Gasteiger partial charge in [-0.2, -0.15) is 0 Å². The fourth-order valence-corrected chi connectivity index (χ4v) is 1.41. The first kappa shape index (κ1) is 10.8. The zero-order valence-corrected chi connectivity index (χ0v) is 7.29. The predicted molar refractivity (Wildman–Crippen MR) is 42.8 cm³/mol. The molecule has 1 rings (SSSR count). The lowest BCUT2D eigenvalue weighted by Crippen LogP contribution is -2.62. The van der Waals surface area contributed by atoms with E-state index in [-0.39, 0.29) is 0 Å². The Morgan fingerprint density at radius 1 is 1.23 bits per heavy atom. The molecule has 6 nitrogen and oxygen atoms in total. The molecule has 0 radical (unpaired) electrons. The summed E-state index contributed by atoms with van der Waals surface area (Å²) in [5.74, 6) is 0. The molecule has 0 bridgehead atoms. The molecule has 1 fully saturated rings. The average molecular weight is 193 g/mol. The highest BCUT2D eigenvalue weighted by Gasteiger charge is 2.42. The molecule has 0 aromatic rings. The van der Waals surface area contributed by atoms with E-state index in [1.54, 1.807) is 0 Å². The molecule has 0 aromatic carbocycles. The normalized spacial score (nSPS) is 46.4. The van der Waals surface area contributed by atoms with Gasteiger partial charge >= 0.3 is 0 Å². The van der Waals surface area contributed by atoms with Crippen molar-refractivity contribution in [2.24, 2.45) is 0 Å². The van der Waals surface area contributed by atoms with Crippen molar-refractivity contribution >= 4 is 0 Å². The number of rotatable bonds is 2. The van der Waals surface area contributed by atoms with E-state index in [0.29, 0.717) is 0 Å². The van der Waals surface area contributed by atoms with Gasteiger partial charge in [-0.3, -0.25) is 0 Å². The summed E-state index contributed by atoms with van der Waals surface area (Å²) in [6, 6.07) is -0.738. The minimum absolute atomic E-state index is 0.439. The van der Waals surface area contributed by atoms with E-state index in [1.165, 1.54) is 7.05 Å². The smallest absolute Gasteiger partial charge is 0.173 e. The van der Waals surface area contributed by atoms with Crippen LogP contribution in [0.5, 0.6) is 0 Å². The van der Waals surface area contributed by atoms with Crippen molar-refractivity contribution in [2.45, 2.75) is 30.6 Å². The monoisotopic (exact) mass is 193 g/mol. The van der Waals surface area contributed by atoms with Crippen LogP contribution in [0.15, 0.2) is 0 Å². The van der Waals surface area contributed by atoms with Gasteiger partial charge in [0, 0.05) is 0 Å². The third-order valence-electron chi connectivity index (χ3n) is 2.23. The van der Waals surface area contributed by atoms with Crippen LogP contribution in [0.3, 0.4) is 0 Å². The van der Waals surface area contributed by atoms with Crippen molar-refractivity contribution < 1.29 is 25.2 Å². The highest BCUT2D eigenvalue weighted by Crippen LogP contribution is 2.18. The van der Waals surface area contributed by atoms with E-state index in [9.17, 15) is 15.3 Å². The van der Waals surface area contributed by atoms with E-state index >= 15 is 0 Å². The number of aliphatic hydroxyl groups is 4. The van der Waals surface area contributed by atoms with Crippen LogP contribution in [0.4, 0.5) is 0 Å². The van der Waals surface area contributed by atoms with Crippen LogP contribution in [0.1, 0.15) is 0 Å². The maximum atomic E-state index is 9.45. The van der Waals surface area contributed by atoms with Gasteiger partial charge in [0.15, 0.2) is 6.29 Å². The van der Waals surface area contributed by atoms with E-state index in [0.717, 1.165) is 0 Å². The summed E-state index contributed by atoms with van der Waals surface area (Å²) < 4.78 is 4.85. The molecule has 0 saturated carbocycles. The van der Waals surface area contributed by atoms with Crippen molar-refractivity contribution in [1.29, 1.82) is 0 Å². The van der Waals surface area contributed by atoms with Crippen molar-refractivity contribution in [3.05, 3.63) is 0 Å². The summed E-state index contributed by atoms with van der Waals surface area (Å²) in [5.41, 5.74) is 0. The van der Waals surface area contributed by atoms with Crippen LogP contribution >= 0.6 is 0 Å².